The number of ether oxygens (including phenoxy) is 2. The Kier molecular flexibility index (Phi) is 4.07. The molecule has 0 aliphatic rings. The highest BCUT2D eigenvalue weighted by Crippen LogP contribution is 2.22. The zero-order chi connectivity index (χ0) is 13.7. The Morgan fingerprint density at radius 2 is 1.89 bits per heavy atom. The van der Waals surface area contributed by atoms with E-state index in [9.17, 15) is 0 Å². The highest BCUT2D eigenvalue weighted by atomic mass is 16.5. The second-order valence-corrected chi connectivity index (χ2v) is 3.96. The van der Waals surface area contributed by atoms with Gasteiger partial charge in [-0.3, -0.25) is 0 Å². The highest BCUT2D eigenvalue weighted by Gasteiger charge is 2.04. The normalized spacial score (nSPS) is 10.0. The zero-order valence-corrected chi connectivity index (χ0v) is 11.0. The van der Waals surface area contributed by atoms with Crippen LogP contribution in [0.2, 0.25) is 0 Å². The van der Waals surface area contributed by atoms with Gasteiger partial charge in [-0.25, -0.2) is 0 Å². The van der Waals surface area contributed by atoms with E-state index >= 15 is 0 Å². The summed E-state index contributed by atoms with van der Waals surface area (Å²) in [7, 11) is 3.20. The summed E-state index contributed by atoms with van der Waals surface area (Å²) in [4.78, 5) is 4.26. The number of nitrogens with one attached hydrogen (secondary N) is 1. The average Bonchev–Trinajstić information content (AvgIpc) is 2.46. The molecule has 0 aliphatic carbocycles. The lowest BCUT2D eigenvalue weighted by Crippen LogP contribution is -2.04. The van der Waals surface area contributed by atoms with E-state index in [1.807, 2.05) is 30.3 Å². The minimum Gasteiger partial charge on any atom is -0.496 e. The van der Waals surface area contributed by atoms with Crippen LogP contribution in [0.4, 0.5) is 11.5 Å². The van der Waals surface area contributed by atoms with Gasteiger partial charge in [-0.05, 0) is 18.2 Å². The standard InChI is InChI=1S/C14H17N3O2/c1-18-12-6-4-3-5-10(12)9-16-13-8-7-11(15)14(17-13)19-2/h3-8H,9,15H2,1-2H3,(H,16,17). The van der Waals surface area contributed by atoms with Crippen molar-refractivity contribution in [3.63, 3.8) is 0 Å². The molecule has 100 valence electrons. The Labute approximate surface area is 112 Å². The molecule has 0 bridgehead atoms. The number of anilines is 2. The molecule has 0 atom stereocenters. The summed E-state index contributed by atoms with van der Waals surface area (Å²) in [5.41, 5.74) is 7.29. The van der Waals surface area contributed by atoms with E-state index in [2.05, 4.69) is 10.3 Å². The molecule has 0 saturated carbocycles. The zero-order valence-electron chi connectivity index (χ0n) is 11.0. The van der Waals surface area contributed by atoms with Gasteiger partial charge in [0.2, 0.25) is 5.88 Å². The van der Waals surface area contributed by atoms with E-state index in [4.69, 9.17) is 15.2 Å². The maximum atomic E-state index is 5.72. The number of rotatable bonds is 5. The number of aromatic nitrogens is 1. The first-order chi connectivity index (χ1) is 9.24. The van der Waals surface area contributed by atoms with Crippen molar-refractivity contribution in [2.45, 2.75) is 6.54 Å². The van der Waals surface area contributed by atoms with Crippen molar-refractivity contribution in [1.29, 1.82) is 0 Å². The minimum absolute atomic E-state index is 0.421. The van der Waals surface area contributed by atoms with Crippen molar-refractivity contribution in [1.82, 2.24) is 4.98 Å². The summed E-state index contributed by atoms with van der Waals surface area (Å²) in [6, 6.07) is 11.4. The predicted molar refractivity (Wildman–Crippen MR) is 75.5 cm³/mol. The molecule has 19 heavy (non-hydrogen) atoms. The fourth-order valence-corrected chi connectivity index (χ4v) is 1.75. The monoisotopic (exact) mass is 259 g/mol. The molecule has 0 radical (unpaired) electrons. The lowest BCUT2D eigenvalue weighted by molar-refractivity contribution is 0.400. The molecular weight excluding hydrogens is 242 g/mol. The van der Waals surface area contributed by atoms with Crippen LogP contribution in [0, 0.1) is 0 Å². The van der Waals surface area contributed by atoms with Crippen LogP contribution in [0.1, 0.15) is 5.56 Å². The number of nitrogens with zero attached hydrogens (tertiary/aromatic N) is 1. The number of benzene rings is 1. The predicted octanol–water partition coefficient (Wildman–Crippen LogP) is 2.29. The molecule has 1 aromatic heterocycles. The first-order valence-corrected chi connectivity index (χ1v) is 5.91. The summed E-state index contributed by atoms with van der Waals surface area (Å²) < 4.78 is 10.4. The van der Waals surface area contributed by atoms with Gasteiger partial charge in [0.25, 0.3) is 0 Å². The third-order valence-corrected chi connectivity index (χ3v) is 2.74. The van der Waals surface area contributed by atoms with E-state index in [-0.39, 0.29) is 0 Å². The van der Waals surface area contributed by atoms with Gasteiger partial charge in [0.15, 0.2) is 0 Å². The maximum absolute atomic E-state index is 5.72. The minimum atomic E-state index is 0.421. The van der Waals surface area contributed by atoms with Crippen LogP contribution < -0.4 is 20.5 Å². The van der Waals surface area contributed by atoms with Crippen LogP contribution in [0.5, 0.6) is 11.6 Å². The van der Waals surface area contributed by atoms with Crippen molar-refractivity contribution >= 4 is 11.5 Å². The third kappa shape index (κ3) is 3.07. The summed E-state index contributed by atoms with van der Waals surface area (Å²) in [5, 5.41) is 3.21. The second kappa shape index (κ2) is 5.95. The molecule has 1 aromatic carbocycles. The molecule has 3 N–H and O–H groups in total. The number of hydrogen-bond acceptors (Lipinski definition) is 5. The number of para-hydroxylation sites is 1. The molecule has 5 heteroatoms. The van der Waals surface area contributed by atoms with Gasteiger partial charge in [-0.15, -0.1) is 0 Å². The van der Waals surface area contributed by atoms with Crippen molar-refractivity contribution < 1.29 is 9.47 Å². The van der Waals surface area contributed by atoms with Crippen LogP contribution in [-0.4, -0.2) is 19.2 Å². The Hall–Kier alpha value is -2.43. The van der Waals surface area contributed by atoms with E-state index in [1.54, 1.807) is 20.3 Å². The topological polar surface area (TPSA) is 69.4 Å². The number of nitrogens with two attached hydrogens (primary N) is 1. The van der Waals surface area contributed by atoms with Gasteiger partial charge in [-0.1, -0.05) is 18.2 Å². The maximum Gasteiger partial charge on any atom is 0.238 e. The third-order valence-electron chi connectivity index (χ3n) is 2.74. The van der Waals surface area contributed by atoms with Gasteiger partial charge >= 0.3 is 0 Å². The van der Waals surface area contributed by atoms with E-state index in [1.165, 1.54) is 0 Å². The van der Waals surface area contributed by atoms with Gasteiger partial charge in [-0.2, -0.15) is 4.98 Å². The lowest BCUT2D eigenvalue weighted by Gasteiger charge is -2.11. The second-order valence-electron chi connectivity index (χ2n) is 3.96. The number of hydrogen-bond donors (Lipinski definition) is 2. The van der Waals surface area contributed by atoms with Crippen LogP contribution in [0.3, 0.4) is 0 Å². The molecule has 1 heterocycles. The Balaban J connectivity index is 2.10. The molecule has 0 amide bonds. The van der Waals surface area contributed by atoms with Crippen LogP contribution in [-0.2, 0) is 6.54 Å². The van der Waals surface area contributed by atoms with Crippen molar-refractivity contribution in [2.75, 3.05) is 25.3 Å². The molecule has 0 spiro atoms. The molecule has 5 nitrogen and oxygen atoms in total. The molecule has 2 rings (SSSR count). The molecule has 0 fully saturated rings. The quantitative estimate of drug-likeness (QED) is 0.862. The molecular formula is C14H17N3O2. The highest BCUT2D eigenvalue weighted by molar-refractivity contribution is 5.53. The largest absolute Gasteiger partial charge is 0.496 e. The smallest absolute Gasteiger partial charge is 0.238 e. The molecule has 2 aromatic rings. The Bertz CT molecular complexity index is 558. The number of nitrogen functional groups attached to an aromatic ring is 1. The fraction of sp³-hybridized carbons (Fsp3) is 0.214. The average molecular weight is 259 g/mol. The molecule has 0 saturated heterocycles. The van der Waals surface area contributed by atoms with Crippen molar-refractivity contribution in [2.24, 2.45) is 0 Å². The van der Waals surface area contributed by atoms with Crippen molar-refractivity contribution in [3.8, 4) is 11.6 Å². The SMILES string of the molecule is COc1ccccc1CNc1ccc(N)c(OC)n1. The summed E-state index contributed by atoms with van der Waals surface area (Å²) in [6.07, 6.45) is 0. The lowest BCUT2D eigenvalue weighted by atomic mass is 10.2. The van der Waals surface area contributed by atoms with Gasteiger partial charge in [0.1, 0.15) is 11.6 Å². The van der Waals surface area contributed by atoms with Crippen LogP contribution in [0.15, 0.2) is 36.4 Å². The fourth-order valence-electron chi connectivity index (χ4n) is 1.75. The molecule has 0 aliphatic heterocycles. The molecule has 0 unspecified atom stereocenters. The number of pyridine rings is 1. The van der Waals surface area contributed by atoms with E-state index in [0.717, 1.165) is 11.3 Å². The van der Waals surface area contributed by atoms with Gasteiger partial charge in [0.05, 0.1) is 19.9 Å². The first-order valence-electron chi connectivity index (χ1n) is 5.91. The summed E-state index contributed by atoms with van der Waals surface area (Å²) in [5.74, 6) is 1.97. The first kappa shape index (κ1) is 13.0. The summed E-state index contributed by atoms with van der Waals surface area (Å²) in [6.45, 7) is 0.615. The van der Waals surface area contributed by atoms with Crippen LogP contribution in [0.25, 0.3) is 0 Å². The van der Waals surface area contributed by atoms with E-state index < -0.39 is 0 Å². The Morgan fingerprint density at radius 3 is 2.63 bits per heavy atom. The summed E-state index contributed by atoms with van der Waals surface area (Å²) >= 11 is 0. The Morgan fingerprint density at radius 1 is 1.11 bits per heavy atom. The van der Waals surface area contributed by atoms with Crippen LogP contribution >= 0.6 is 0 Å². The van der Waals surface area contributed by atoms with E-state index in [0.29, 0.717) is 23.9 Å². The van der Waals surface area contributed by atoms with Gasteiger partial charge in [0, 0.05) is 12.1 Å². The van der Waals surface area contributed by atoms with Gasteiger partial charge < -0.3 is 20.5 Å². The number of methoxy groups -OCH3 is 2. The van der Waals surface area contributed by atoms with Crippen molar-refractivity contribution in [3.05, 3.63) is 42.0 Å².